The first-order valence-electron chi connectivity index (χ1n) is 11.9. The molecule has 1 aliphatic carbocycles. The van der Waals surface area contributed by atoms with Crippen molar-refractivity contribution in [2.45, 2.75) is 63.6 Å². The number of H-pyrrole nitrogens is 1. The third-order valence-electron chi connectivity index (χ3n) is 6.70. The lowest BCUT2D eigenvalue weighted by Crippen LogP contribution is -2.52. The van der Waals surface area contributed by atoms with E-state index >= 15 is 0 Å². The third kappa shape index (κ3) is 6.13. The summed E-state index contributed by atoms with van der Waals surface area (Å²) in [5.74, 6) is -1.91. The summed E-state index contributed by atoms with van der Waals surface area (Å²) < 4.78 is 4.89. The van der Waals surface area contributed by atoms with E-state index in [0.29, 0.717) is 39.7 Å². The van der Waals surface area contributed by atoms with Gasteiger partial charge in [-0.25, -0.2) is 4.79 Å². The Kier molecular flexibility index (Phi) is 7.52. The predicted molar refractivity (Wildman–Crippen MR) is 136 cm³/mol. The van der Waals surface area contributed by atoms with Gasteiger partial charge in [0.1, 0.15) is 17.8 Å². The van der Waals surface area contributed by atoms with E-state index < -0.39 is 35.8 Å². The summed E-state index contributed by atoms with van der Waals surface area (Å²) in [6, 6.07) is 2.97. The van der Waals surface area contributed by atoms with Crippen molar-refractivity contribution in [3.63, 3.8) is 0 Å². The maximum Gasteiger partial charge on any atom is 0.328 e. The van der Waals surface area contributed by atoms with Crippen LogP contribution in [0.5, 0.6) is 0 Å². The average Bonchev–Trinajstić information content (AvgIpc) is 3.44. The Hall–Kier alpha value is -2.78. The van der Waals surface area contributed by atoms with Gasteiger partial charge < -0.3 is 25.7 Å². The average molecular weight is 537 g/mol. The molecule has 3 atom stereocenters. The molecular formula is C25H30Cl2N4O5. The molecular weight excluding hydrogens is 507 g/mol. The highest BCUT2D eigenvalue weighted by Gasteiger charge is 2.41. The summed E-state index contributed by atoms with van der Waals surface area (Å²) in [5.41, 5.74) is 0.447. The fourth-order valence-corrected chi connectivity index (χ4v) is 5.28. The molecule has 3 unspecified atom stereocenters. The lowest BCUT2D eigenvalue weighted by atomic mass is 9.91. The summed E-state index contributed by atoms with van der Waals surface area (Å²) in [6.07, 6.45) is 3.02. The normalized spacial score (nSPS) is 20.5. The zero-order valence-corrected chi connectivity index (χ0v) is 21.9. The van der Waals surface area contributed by atoms with Gasteiger partial charge in [0.25, 0.3) is 5.91 Å². The molecule has 1 saturated carbocycles. The van der Waals surface area contributed by atoms with Gasteiger partial charge in [0.05, 0.1) is 12.1 Å². The second-order valence-corrected chi connectivity index (χ2v) is 11.2. The number of amides is 3. The molecule has 2 aromatic rings. The van der Waals surface area contributed by atoms with Gasteiger partial charge in [-0.05, 0) is 57.2 Å². The SMILES string of the molecule is COC(=O)C(CC1CC(C)(C)NC1=O)NC(=O)C(CC1CC1)NC(=O)c1cc2c(Cl)cc(Cl)cc2[nH]1. The van der Waals surface area contributed by atoms with Crippen LogP contribution in [-0.4, -0.2) is 53.4 Å². The van der Waals surface area contributed by atoms with Crippen molar-refractivity contribution < 1.29 is 23.9 Å². The molecule has 9 nitrogen and oxygen atoms in total. The number of fused-ring (bicyclic) bond motifs is 1. The molecule has 1 saturated heterocycles. The number of halogens is 2. The van der Waals surface area contributed by atoms with Crippen LogP contribution in [0.2, 0.25) is 10.0 Å². The molecule has 0 spiro atoms. The van der Waals surface area contributed by atoms with Crippen LogP contribution in [0.25, 0.3) is 10.9 Å². The lowest BCUT2D eigenvalue weighted by molar-refractivity contribution is -0.146. The largest absolute Gasteiger partial charge is 0.467 e. The summed E-state index contributed by atoms with van der Waals surface area (Å²) >= 11 is 12.3. The number of methoxy groups -OCH3 is 1. The maximum atomic E-state index is 13.3. The number of carbonyl (C=O) groups is 4. The fourth-order valence-electron chi connectivity index (χ4n) is 4.74. The first kappa shape index (κ1) is 26.3. The van der Waals surface area contributed by atoms with Crippen LogP contribution in [0.4, 0.5) is 0 Å². The van der Waals surface area contributed by atoms with Crippen LogP contribution in [0, 0.1) is 11.8 Å². The topological polar surface area (TPSA) is 129 Å². The van der Waals surface area contributed by atoms with Gasteiger partial charge in [-0.3, -0.25) is 14.4 Å². The van der Waals surface area contributed by atoms with E-state index in [1.54, 1.807) is 18.2 Å². The molecule has 2 heterocycles. The Morgan fingerprint density at radius 3 is 2.44 bits per heavy atom. The van der Waals surface area contributed by atoms with Gasteiger partial charge in [0.2, 0.25) is 11.8 Å². The number of hydrogen-bond acceptors (Lipinski definition) is 5. The number of rotatable bonds is 9. The summed E-state index contributed by atoms with van der Waals surface area (Å²) in [6.45, 7) is 3.81. The van der Waals surface area contributed by atoms with Crippen LogP contribution < -0.4 is 16.0 Å². The van der Waals surface area contributed by atoms with E-state index in [0.717, 1.165) is 12.8 Å². The van der Waals surface area contributed by atoms with Crippen LogP contribution in [0.1, 0.15) is 56.4 Å². The first-order chi connectivity index (χ1) is 17.0. The van der Waals surface area contributed by atoms with E-state index in [4.69, 9.17) is 27.9 Å². The first-order valence-corrected chi connectivity index (χ1v) is 12.7. The molecule has 1 aliphatic heterocycles. The Morgan fingerprint density at radius 1 is 1.11 bits per heavy atom. The number of esters is 1. The van der Waals surface area contributed by atoms with Crippen molar-refractivity contribution in [2.75, 3.05) is 7.11 Å². The highest BCUT2D eigenvalue weighted by atomic mass is 35.5. The summed E-state index contributed by atoms with van der Waals surface area (Å²) in [7, 11) is 1.23. The van der Waals surface area contributed by atoms with Gasteiger partial charge in [-0.1, -0.05) is 36.0 Å². The van der Waals surface area contributed by atoms with Crippen LogP contribution in [-0.2, 0) is 19.1 Å². The van der Waals surface area contributed by atoms with Crippen molar-refractivity contribution in [3.8, 4) is 0 Å². The van der Waals surface area contributed by atoms with E-state index in [-0.39, 0.29) is 23.6 Å². The third-order valence-corrected chi connectivity index (χ3v) is 7.23. The van der Waals surface area contributed by atoms with Crippen LogP contribution in [0.15, 0.2) is 18.2 Å². The van der Waals surface area contributed by atoms with Gasteiger partial charge >= 0.3 is 5.97 Å². The molecule has 36 heavy (non-hydrogen) atoms. The Balaban J connectivity index is 1.48. The molecule has 11 heteroatoms. The molecule has 194 valence electrons. The number of nitrogens with one attached hydrogen (secondary N) is 4. The highest BCUT2D eigenvalue weighted by Crippen LogP contribution is 2.34. The molecule has 4 rings (SSSR count). The van der Waals surface area contributed by atoms with Crippen molar-refractivity contribution in [1.29, 1.82) is 0 Å². The van der Waals surface area contributed by atoms with Crippen LogP contribution >= 0.6 is 23.2 Å². The minimum absolute atomic E-state index is 0.110. The monoisotopic (exact) mass is 536 g/mol. The quantitative estimate of drug-likeness (QED) is 0.365. The van der Waals surface area contributed by atoms with E-state index in [2.05, 4.69) is 20.9 Å². The summed E-state index contributed by atoms with van der Waals surface area (Å²) in [5, 5.41) is 9.87. The number of carbonyl (C=O) groups excluding carboxylic acids is 4. The van der Waals surface area contributed by atoms with Crippen LogP contribution in [0.3, 0.4) is 0 Å². The maximum absolute atomic E-state index is 13.3. The number of hydrogen-bond donors (Lipinski definition) is 4. The minimum atomic E-state index is -1.01. The van der Waals surface area contributed by atoms with E-state index in [1.807, 2.05) is 13.8 Å². The smallest absolute Gasteiger partial charge is 0.328 e. The number of aromatic nitrogens is 1. The zero-order valence-electron chi connectivity index (χ0n) is 20.4. The minimum Gasteiger partial charge on any atom is -0.467 e. The van der Waals surface area contributed by atoms with Crippen molar-refractivity contribution in [1.82, 2.24) is 20.9 Å². The number of ether oxygens (including phenoxy) is 1. The van der Waals surface area contributed by atoms with Gasteiger partial charge in [0, 0.05) is 27.4 Å². The highest BCUT2D eigenvalue weighted by molar-refractivity contribution is 6.38. The number of aromatic amines is 1. The molecule has 4 N–H and O–H groups in total. The van der Waals surface area contributed by atoms with Gasteiger partial charge in [-0.15, -0.1) is 0 Å². The zero-order chi connectivity index (χ0) is 26.2. The Bertz CT molecular complexity index is 1210. The number of benzene rings is 1. The predicted octanol–water partition coefficient (Wildman–Crippen LogP) is 3.34. The second kappa shape index (κ2) is 10.3. The molecule has 2 fully saturated rings. The second-order valence-electron chi connectivity index (χ2n) is 10.3. The molecule has 0 radical (unpaired) electrons. The molecule has 3 amide bonds. The van der Waals surface area contributed by atoms with Crippen molar-refractivity contribution >= 4 is 57.8 Å². The van der Waals surface area contributed by atoms with Gasteiger partial charge in [0.15, 0.2) is 0 Å². The standard InChI is InChI=1S/C25H30Cl2N4O5/c1-25(2)11-13(21(32)31-25)7-20(24(35)36-3)30-22(33)18(6-12-4-5-12)29-23(34)19-10-15-16(27)8-14(26)9-17(15)28-19/h8-10,12-13,18,20,28H,4-7,11H2,1-3H3,(H,29,34)(H,30,33)(H,31,32). The van der Waals surface area contributed by atoms with E-state index in [9.17, 15) is 19.2 Å². The molecule has 0 bridgehead atoms. The summed E-state index contributed by atoms with van der Waals surface area (Å²) in [4.78, 5) is 54.2. The lowest BCUT2D eigenvalue weighted by Gasteiger charge is -2.23. The fraction of sp³-hybridized carbons (Fsp3) is 0.520. The molecule has 2 aliphatic rings. The van der Waals surface area contributed by atoms with Gasteiger partial charge in [-0.2, -0.15) is 0 Å². The van der Waals surface area contributed by atoms with Crippen molar-refractivity contribution in [2.24, 2.45) is 11.8 Å². The van der Waals surface area contributed by atoms with E-state index in [1.165, 1.54) is 7.11 Å². The van der Waals surface area contributed by atoms with Crippen molar-refractivity contribution in [3.05, 3.63) is 33.9 Å². The molecule has 1 aromatic heterocycles. The molecule has 1 aromatic carbocycles. The Labute approximate surface area is 219 Å². The Morgan fingerprint density at radius 2 is 1.83 bits per heavy atom.